The monoisotopic (exact) mass is 367 g/mol. The summed E-state index contributed by atoms with van der Waals surface area (Å²) in [6.07, 6.45) is 0. The predicted molar refractivity (Wildman–Crippen MR) is 94.3 cm³/mol. The van der Waals surface area contributed by atoms with Crippen LogP contribution in [0.3, 0.4) is 0 Å². The van der Waals surface area contributed by atoms with Crippen LogP contribution in [-0.2, 0) is 14.8 Å². The van der Waals surface area contributed by atoms with Gasteiger partial charge in [-0.05, 0) is 50.1 Å². The lowest BCUT2D eigenvalue weighted by atomic mass is 10.1. The van der Waals surface area contributed by atoms with Crippen molar-refractivity contribution < 1.29 is 17.9 Å². The van der Waals surface area contributed by atoms with Crippen molar-refractivity contribution in [2.75, 3.05) is 11.8 Å². The second-order valence-corrected chi connectivity index (χ2v) is 7.57. The first-order chi connectivity index (χ1) is 11.2. The lowest BCUT2D eigenvalue weighted by Gasteiger charge is -2.15. The molecule has 0 aromatic heterocycles. The minimum Gasteiger partial charge on any atom is -0.465 e. The van der Waals surface area contributed by atoms with Gasteiger partial charge in [-0.25, -0.2) is 13.2 Å². The highest BCUT2D eigenvalue weighted by Crippen LogP contribution is 2.28. The first-order valence-electron chi connectivity index (χ1n) is 7.14. The third-order valence-electron chi connectivity index (χ3n) is 3.56. The van der Waals surface area contributed by atoms with Crippen molar-refractivity contribution in [1.82, 2.24) is 0 Å². The highest BCUT2D eigenvalue weighted by molar-refractivity contribution is 7.92. The van der Waals surface area contributed by atoms with Gasteiger partial charge < -0.3 is 4.74 Å². The highest BCUT2D eigenvalue weighted by Gasteiger charge is 2.22. The average molecular weight is 368 g/mol. The molecular weight excluding hydrogens is 350 g/mol. The van der Waals surface area contributed by atoms with Crippen LogP contribution in [0.4, 0.5) is 5.69 Å². The SMILES string of the molecule is COC(=O)c1ccc(Cl)c(S(=O)(=O)Nc2c(C)cc(C)cc2C)c1. The normalized spacial score (nSPS) is 11.2. The van der Waals surface area contributed by atoms with Crippen LogP contribution in [0, 0.1) is 20.8 Å². The Bertz CT molecular complexity index is 884. The van der Waals surface area contributed by atoms with Crippen molar-refractivity contribution in [2.24, 2.45) is 0 Å². The smallest absolute Gasteiger partial charge is 0.337 e. The molecule has 0 amide bonds. The van der Waals surface area contributed by atoms with E-state index in [4.69, 9.17) is 11.6 Å². The van der Waals surface area contributed by atoms with Crippen LogP contribution in [0.15, 0.2) is 35.2 Å². The highest BCUT2D eigenvalue weighted by atomic mass is 35.5. The summed E-state index contributed by atoms with van der Waals surface area (Å²) < 4.78 is 32.6. The number of aryl methyl sites for hydroxylation is 3. The Morgan fingerprint density at radius 1 is 1.08 bits per heavy atom. The fourth-order valence-corrected chi connectivity index (χ4v) is 4.21. The average Bonchev–Trinajstić information content (AvgIpc) is 2.50. The lowest BCUT2D eigenvalue weighted by molar-refractivity contribution is 0.0600. The van der Waals surface area contributed by atoms with Gasteiger partial charge in [0.1, 0.15) is 4.90 Å². The molecule has 0 unspecified atom stereocenters. The Labute approximate surface area is 146 Å². The number of hydrogen-bond donors (Lipinski definition) is 1. The van der Waals surface area contributed by atoms with Crippen molar-refractivity contribution in [2.45, 2.75) is 25.7 Å². The molecule has 0 aliphatic rings. The first-order valence-corrected chi connectivity index (χ1v) is 9.00. The van der Waals surface area contributed by atoms with E-state index in [1.54, 1.807) is 0 Å². The topological polar surface area (TPSA) is 72.5 Å². The lowest BCUT2D eigenvalue weighted by Crippen LogP contribution is -2.16. The summed E-state index contributed by atoms with van der Waals surface area (Å²) in [7, 11) is -2.73. The number of anilines is 1. The number of benzene rings is 2. The third-order valence-corrected chi connectivity index (χ3v) is 5.39. The molecule has 128 valence electrons. The second-order valence-electron chi connectivity index (χ2n) is 5.52. The standard InChI is InChI=1S/C17H18ClNO4S/c1-10-7-11(2)16(12(3)8-10)19-24(21,22)15-9-13(17(20)23-4)5-6-14(15)18/h5-9,19H,1-4H3. The Morgan fingerprint density at radius 3 is 2.21 bits per heavy atom. The van der Waals surface area contributed by atoms with Gasteiger partial charge in [-0.2, -0.15) is 0 Å². The summed E-state index contributed by atoms with van der Waals surface area (Å²) in [5.74, 6) is -0.634. The van der Waals surface area contributed by atoms with Gasteiger partial charge in [0, 0.05) is 0 Å². The Kier molecular flexibility index (Phi) is 5.20. The summed E-state index contributed by atoms with van der Waals surface area (Å²) >= 11 is 6.03. The van der Waals surface area contributed by atoms with Crippen molar-refractivity contribution in [3.63, 3.8) is 0 Å². The maximum Gasteiger partial charge on any atom is 0.337 e. The van der Waals surface area contributed by atoms with Gasteiger partial charge in [-0.3, -0.25) is 4.72 Å². The molecule has 0 atom stereocenters. The number of carbonyl (C=O) groups is 1. The number of rotatable bonds is 4. The third kappa shape index (κ3) is 3.71. The summed E-state index contributed by atoms with van der Waals surface area (Å²) in [4.78, 5) is 11.5. The van der Waals surface area contributed by atoms with E-state index in [-0.39, 0.29) is 15.5 Å². The number of carbonyl (C=O) groups excluding carboxylic acids is 1. The molecule has 0 bridgehead atoms. The second kappa shape index (κ2) is 6.83. The van der Waals surface area contributed by atoms with Crippen molar-refractivity contribution >= 4 is 33.3 Å². The minimum absolute atomic E-state index is 0.0255. The molecule has 0 aliphatic heterocycles. The van der Waals surface area contributed by atoms with Crippen LogP contribution in [0.5, 0.6) is 0 Å². The number of methoxy groups -OCH3 is 1. The summed E-state index contributed by atoms with van der Waals surface area (Å²) in [6, 6.07) is 7.75. The van der Waals surface area contributed by atoms with Crippen LogP contribution in [-0.4, -0.2) is 21.5 Å². The Balaban J connectivity index is 2.50. The molecule has 2 aromatic carbocycles. The Hall–Kier alpha value is -2.05. The molecular formula is C17H18ClNO4S. The molecule has 24 heavy (non-hydrogen) atoms. The van der Waals surface area contributed by atoms with E-state index in [0.717, 1.165) is 16.7 Å². The van der Waals surface area contributed by atoms with Crippen molar-refractivity contribution in [3.8, 4) is 0 Å². The maximum atomic E-state index is 12.7. The number of ether oxygens (including phenoxy) is 1. The molecule has 0 heterocycles. The van der Waals surface area contributed by atoms with Crippen molar-refractivity contribution in [1.29, 1.82) is 0 Å². The zero-order chi connectivity index (χ0) is 18.1. The molecule has 0 aliphatic carbocycles. The molecule has 7 heteroatoms. The summed E-state index contributed by atoms with van der Waals surface area (Å²) in [6.45, 7) is 5.59. The number of esters is 1. The number of halogens is 1. The van der Waals surface area contributed by atoms with Crippen LogP contribution in [0.2, 0.25) is 5.02 Å². The van der Waals surface area contributed by atoms with E-state index < -0.39 is 16.0 Å². The first kappa shape index (κ1) is 18.3. The molecule has 1 N–H and O–H groups in total. The molecule has 0 fully saturated rings. The molecule has 2 aromatic rings. The van der Waals surface area contributed by atoms with E-state index in [1.165, 1.54) is 25.3 Å². The quantitative estimate of drug-likeness (QED) is 0.833. The molecule has 0 saturated carbocycles. The molecule has 0 spiro atoms. The van der Waals surface area contributed by atoms with Crippen LogP contribution in [0.1, 0.15) is 27.0 Å². The van der Waals surface area contributed by atoms with Gasteiger partial charge in [-0.1, -0.05) is 29.3 Å². The maximum absolute atomic E-state index is 12.7. The van der Waals surface area contributed by atoms with E-state index >= 15 is 0 Å². The zero-order valence-electron chi connectivity index (χ0n) is 13.8. The predicted octanol–water partition coefficient (Wildman–Crippen LogP) is 3.85. The van der Waals surface area contributed by atoms with Gasteiger partial charge in [0.25, 0.3) is 10.0 Å². The number of sulfonamides is 1. The van der Waals surface area contributed by atoms with E-state index in [0.29, 0.717) is 5.69 Å². The fraction of sp³-hybridized carbons (Fsp3) is 0.235. The largest absolute Gasteiger partial charge is 0.465 e. The van der Waals surface area contributed by atoms with Crippen LogP contribution >= 0.6 is 11.6 Å². The van der Waals surface area contributed by atoms with E-state index in [2.05, 4.69) is 9.46 Å². The minimum atomic E-state index is -3.96. The van der Waals surface area contributed by atoms with Gasteiger partial charge in [0.05, 0.1) is 23.4 Å². The summed E-state index contributed by atoms with van der Waals surface area (Å²) in [5, 5.41) is 0.0255. The van der Waals surface area contributed by atoms with Crippen molar-refractivity contribution in [3.05, 3.63) is 57.6 Å². The number of hydrogen-bond acceptors (Lipinski definition) is 4. The van der Waals surface area contributed by atoms with Gasteiger partial charge in [-0.15, -0.1) is 0 Å². The van der Waals surface area contributed by atoms with Gasteiger partial charge >= 0.3 is 5.97 Å². The van der Waals surface area contributed by atoms with E-state index in [9.17, 15) is 13.2 Å². The molecule has 0 radical (unpaired) electrons. The van der Waals surface area contributed by atoms with Gasteiger partial charge in [0.2, 0.25) is 0 Å². The van der Waals surface area contributed by atoms with Crippen LogP contribution < -0.4 is 4.72 Å². The molecule has 2 rings (SSSR count). The zero-order valence-corrected chi connectivity index (χ0v) is 15.4. The number of nitrogens with one attached hydrogen (secondary N) is 1. The molecule has 0 saturated heterocycles. The van der Waals surface area contributed by atoms with Crippen LogP contribution in [0.25, 0.3) is 0 Å². The fourth-order valence-electron chi connectivity index (χ4n) is 2.48. The van der Waals surface area contributed by atoms with Gasteiger partial charge in [0.15, 0.2) is 0 Å². The molecule has 5 nitrogen and oxygen atoms in total. The Morgan fingerprint density at radius 2 is 1.67 bits per heavy atom. The van der Waals surface area contributed by atoms with E-state index in [1.807, 2.05) is 32.9 Å². The summed E-state index contributed by atoms with van der Waals surface area (Å²) in [5.41, 5.74) is 3.26.